The number of ether oxygens (including phenoxy) is 1. The zero-order chi connectivity index (χ0) is 13.3. The molecule has 0 radical (unpaired) electrons. The molecule has 3 rings (SSSR count). The fourth-order valence-corrected chi connectivity index (χ4v) is 3.10. The summed E-state index contributed by atoms with van der Waals surface area (Å²) in [6.07, 6.45) is 2.15. The van der Waals surface area contributed by atoms with Crippen molar-refractivity contribution in [3.8, 4) is 0 Å². The number of rotatable bonds is 3. The van der Waals surface area contributed by atoms with Crippen molar-refractivity contribution in [2.24, 2.45) is 0 Å². The lowest BCUT2D eigenvalue weighted by Crippen LogP contribution is -2.48. The highest BCUT2D eigenvalue weighted by atomic mass is 32.1. The highest BCUT2D eigenvalue weighted by Crippen LogP contribution is 2.19. The van der Waals surface area contributed by atoms with Gasteiger partial charge in [-0.15, -0.1) is 11.3 Å². The molecule has 5 nitrogen and oxygen atoms in total. The summed E-state index contributed by atoms with van der Waals surface area (Å²) in [5.74, 6) is 0.683. The number of aromatic nitrogens is 2. The van der Waals surface area contributed by atoms with E-state index in [0.29, 0.717) is 23.7 Å². The van der Waals surface area contributed by atoms with Crippen LogP contribution in [-0.2, 0) is 11.3 Å². The summed E-state index contributed by atoms with van der Waals surface area (Å²) in [7, 11) is 0. The van der Waals surface area contributed by atoms with Gasteiger partial charge in [-0.1, -0.05) is 0 Å². The second-order valence-electron chi connectivity index (χ2n) is 5.22. The quantitative estimate of drug-likeness (QED) is 0.896. The van der Waals surface area contributed by atoms with E-state index in [0.717, 1.165) is 25.0 Å². The van der Waals surface area contributed by atoms with Crippen molar-refractivity contribution in [2.45, 2.75) is 31.8 Å². The maximum absolute atomic E-state index is 11.9. The maximum atomic E-state index is 11.9. The van der Waals surface area contributed by atoms with Gasteiger partial charge in [0.25, 0.3) is 5.56 Å². The van der Waals surface area contributed by atoms with Crippen molar-refractivity contribution in [3.63, 3.8) is 0 Å². The lowest BCUT2D eigenvalue weighted by atomic mass is 9.95. The van der Waals surface area contributed by atoms with E-state index in [1.54, 1.807) is 0 Å². The van der Waals surface area contributed by atoms with E-state index in [9.17, 15) is 4.79 Å². The Hall–Kier alpha value is -1.24. The van der Waals surface area contributed by atoms with Crippen LogP contribution in [0.5, 0.6) is 0 Å². The molecular formula is C13H17N3O2S. The van der Waals surface area contributed by atoms with Crippen molar-refractivity contribution >= 4 is 21.6 Å². The molecule has 1 fully saturated rings. The zero-order valence-electron chi connectivity index (χ0n) is 10.9. The van der Waals surface area contributed by atoms with E-state index < -0.39 is 0 Å². The molecule has 6 heteroatoms. The fourth-order valence-electron chi connectivity index (χ4n) is 2.38. The summed E-state index contributed by atoms with van der Waals surface area (Å²) < 4.78 is 6.19. The average Bonchev–Trinajstić information content (AvgIpc) is 2.86. The molecule has 2 N–H and O–H groups in total. The third-order valence-electron chi connectivity index (χ3n) is 3.48. The summed E-state index contributed by atoms with van der Waals surface area (Å²) in [6.45, 7) is 4.25. The van der Waals surface area contributed by atoms with Gasteiger partial charge in [0.1, 0.15) is 10.5 Å². The van der Waals surface area contributed by atoms with Gasteiger partial charge in [0.15, 0.2) is 0 Å². The number of hydrogen-bond acceptors (Lipinski definition) is 5. The van der Waals surface area contributed by atoms with E-state index in [-0.39, 0.29) is 11.1 Å². The number of nitrogens with zero attached hydrogens (tertiary/aromatic N) is 1. The van der Waals surface area contributed by atoms with Crippen molar-refractivity contribution < 1.29 is 4.74 Å². The molecule has 1 aliphatic rings. The van der Waals surface area contributed by atoms with Gasteiger partial charge in [-0.2, -0.15) is 0 Å². The van der Waals surface area contributed by atoms with Crippen LogP contribution in [0.25, 0.3) is 10.2 Å². The number of hydrogen-bond donors (Lipinski definition) is 2. The van der Waals surface area contributed by atoms with Crippen LogP contribution in [0.2, 0.25) is 0 Å². The molecule has 2 aromatic heterocycles. The third-order valence-corrected chi connectivity index (χ3v) is 4.39. The molecule has 2 aromatic rings. The van der Waals surface area contributed by atoms with Crippen LogP contribution in [0.1, 0.15) is 25.6 Å². The molecule has 1 aliphatic heterocycles. The molecule has 0 bridgehead atoms. The van der Waals surface area contributed by atoms with Gasteiger partial charge >= 0.3 is 0 Å². The van der Waals surface area contributed by atoms with Gasteiger partial charge in [-0.25, -0.2) is 4.98 Å². The standard InChI is InChI=1S/C13H17N3O2S/c1-13(4-2-5-18-8-13)14-7-10-15-9-3-6-19-11(9)12(17)16-10/h3,6,14H,2,4-5,7-8H2,1H3,(H,15,16,17). The molecule has 19 heavy (non-hydrogen) atoms. The summed E-state index contributed by atoms with van der Waals surface area (Å²) in [4.78, 5) is 19.2. The Kier molecular flexibility index (Phi) is 3.38. The van der Waals surface area contributed by atoms with E-state index in [1.165, 1.54) is 11.3 Å². The van der Waals surface area contributed by atoms with Crippen LogP contribution < -0.4 is 10.9 Å². The summed E-state index contributed by atoms with van der Waals surface area (Å²) in [6, 6.07) is 1.88. The molecule has 0 amide bonds. The van der Waals surface area contributed by atoms with Crippen molar-refractivity contribution in [2.75, 3.05) is 13.2 Å². The molecular weight excluding hydrogens is 262 g/mol. The third kappa shape index (κ3) is 2.70. The topological polar surface area (TPSA) is 67.0 Å². The van der Waals surface area contributed by atoms with Gasteiger partial charge in [-0.05, 0) is 31.2 Å². The fraction of sp³-hybridized carbons (Fsp3) is 0.538. The Morgan fingerprint density at radius 1 is 1.63 bits per heavy atom. The first-order valence-corrected chi connectivity index (χ1v) is 7.33. The van der Waals surface area contributed by atoms with Crippen molar-refractivity contribution in [3.05, 3.63) is 27.6 Å². The number of aromatic amines is 1. The van der Waals surface area contributed by atoms with Gasteiger partial charge < -0.3 is 15.0 Å². The Balaban J connectivity index is 1.76. The Morgan fingerprint density at radius 2 is 2.53 bits per heavy atom. The SMILES string of the molecule is CC1(NCc2nc3ccsc3c(=O)[nH]2)CCCOC1. The van der Waals surface area contributed by atoms with E-state index in [2.05, 4.69) is 22.2 Å². The highest BCUT2D eigenvalue weighted by molar-refractivity contribution is 7.17. The van der Waals surface area contributed by atoms with Crippen LogP contribution in [-0.4, -0.2) is 28.7 Å². The number of fused-ring (bicyclic) bond motifs is 1. The van der Waals surface area contributed by atoms with Crippen LogP contribution >= 0.6 is 11.3 Å². The number of thiophene rings is 1. The zero-order valence-corrected chi connectivity index (χ0v) is 11.7. The van der Waals surface area contributed by atoms with Crippen LogP contribution in [0.15, 0.2) is 16.2 Å². The van der Waals surface area contributed by atoms with Crippen molar-refractivity contribution in [1.29, 1.82) is 0 Å². The molecule has 1 atom stereocenters. The number of nitrogens with one attached hydrogen (secondary N) is 2. The predicted octanol–water partition coefficient (Wildman–Crippen LogP) is 1.64. The molecule has 1 saturated heterocycles. The monoisotopic (exact) mass is 279 g/mol. The smallest absolute Gasteiger partial charge is 0.268 e. The van der Waals surface area contributed by atoms with E-state index in [1.807, 2.05) is 11.4 Å². The molecule has 0 spiro atoms. The largest absolute Gasteiger partial charge is 0.380 e. The summed E-state index contributed by atoms with van der Waals surface area (Å²) >= 11 is 1.42. The molecule has 0 saturated carbocycles. The first-order valence-electron chi connectivity index (χ1n) is 6.45. The predicted molar refractivity (Wildman–Crippen MR) is 75.5 cm³/mol. The molecule has 3 heterocycles. The first kappa shape index (κ1) is 12.8. The van der Waals surface area contributed by atoms with Gasteiger partial charge in [0, 0.05) is 12.1 Å². The first-order chi connectivity index (χ1) is 9.16. The summed E-state index contributed by atoms with van der Waals surface area (Å²) in [5.41, 5.74) is 0.692. The van der Waals surface area contributed by atoms with Gasteiger partial charge in [0.05, 0.1) is 18.7 Å². The second-order valence-corrected chi connectivity index (χ2v) is 6.13. The Morgan fingerprint density at radius 3 is 3.32 bits per heavy atom. The van der Waals surface area contributed by atoms with Gasteiger partial charge in [0.2, 0.25) is 0 Å². The normalized spacial score (nSPS) is 23.8. The van der Waals surface area contributed by atoms with E-state index in [4.69, 9.17) is 4.74 Å². The molecule has 0 aromatic carbocycles. The van der Waals surface area contributed by atoms with Crippen molar-refractivity contribution in [1.82, 2.24) is 15.3 Å². The molecule has 0 aliphatic carbocycles. The highest BCUT2D eigenvalue weighted by Gasteiger charge is 2.26. The Bertz CT molecular complexity index is 628. The lowest BCUT2D eigenvalue weighted by molar-refractivity contribution is 0.0275. The van der Waals surface area contributed by atoms with Gasteiger partial charge in [-0.3, -0.25) is 4.79 Å². The minimum Gasteiger partial charge on any atom is -0.380 e. The second kappa shape index (κ2) is 5.03. The summed E-state index contributed by atoms with van der Waals surface area (Å²) in [5, 5.41) is 5.33. The van der Waals surface area contributed by atoms with E-state index >= 15 is 0 Å². The molecule has 102 valence electrons. The average molecular weight is 279 g/mol. The van der Waals surface area contributed by atoms with Crippen LogP contribution in [0.4, 0.5) is 0 Å². The maximum Gasteiger partial charge on any atom is 0.268 e. The van der Waals surface area contributed by atoms with Crippen LogP contribution in [0, 0.1) is 0 Å². The Labute approximate surface area is 115 Å². The number of H-pyrrole nitrogens is 1. The lowest BCUT2D eigenvalue weighted by Gasteiger charge is -2.34. The molecule has 1 unspecified atom stereocenters. The minimum atomic E-state index is -0.0538. The minimum absolute atomic E-state index is 0.0274. The van der Waals surface area contributed by atoms with Crippen LogP contribution in [0.3, 0.4) is 0 Å².